The normalized spacial score (nSPS) is 41.2. The Kier molecular flexibility index (Phi) is 2.96. The van der Waals surface area contributed by atoms with Crippen molar-refractivity contribution in [2.75, 3.05) is 0 Å². The fraction of sp³-hybridized carbons (Fsp3) is 0.867. The first-order valence-corrected chi connectivity index (χ1v) is 6.68. The van der Waals surface area contributed by atoms with Crippen LogP contribution < -0.4 is 0 Å². The molecule has 15 heavy (non-hydrogen) atoms. The van der Waals surface area contributed by atoms with E-state index in [0.29, 0.717) is 5.41 Å². The van der Waals surface area contributed by atoms with Gasteiger partial charge >= 0.3 is 0 Å². The van der Waals surface area contributed by atoms with Gasteiger partial charge in [0.05, 0.1) is 0 Å². The number of hydrogen-bond donors (Lipinski definition) is 0. The predicted molar refractivity (Wildman–Crippen MR) is 66.8 cm³/mol. The maximum absolute atomic E-state index is 2.55. The topological polar surface area (TPSA) is 0 Å². The Balaban J connectivity index is 2.20. The lowest BCUT2D eigenvalue weighted by Gasteiger charge is -2.49. The highest BCUT2D eigenvalue weighted by molar-refractivity contribution is 5.16. The van der Waals surface area contributed by atoms with E-state index in [0.717, 1.165) is 11.8 Å². The van der Waals surface area contributed by atoms with E-state index < -0.39 is 0 Å². The van der Waals surface area contributed by atoms with Gasteiger partial charge in [-0.3, -0.25) is 0 Å². The van der Waals surface area contributed by atoms with Crippen LogP contribution in [0, 0.1) is 17.3 Å². The molecular weight excluding hydrogens is 180 g/mol. The van der Waals surface area contributed by atoms with Crippen LogP contribution in [0.2, 0.25) is 0 Å². The minimum atomic E-state index is 0.677. The smallest absolute Gasteiger partial charge is 0.0282 e. The summed E-state index contributed by atoms with van der Waals surface area (Å²) in [5.41, 5.74) is 4.04. The van der Waals surface area contributed by atoms with Crippen molar-refractivity contribution < 1.29 is 0 Å². The zero-order valence-corrected chi connectivity index (χ0v) is 10.9. The van der Waals surface area contributed by atoms with E-state index in [4.69, 9.17) is 0 Å². The van der Waals surface area contributed by atoms with Gasteiger partial charge in [-0.25, -0.2) is 0 Å². The zero-order chi connectivity index (χ0) is 11.1. The van der Waals surface area contributed by atoms with E-state index in [2.05, 4.69) is 27.7 Å². The first-order valence-electron chi connectivity index (χ1n) is 6.68. The molecule has 0 heterocycles. The zero-order valence-electron chi connectivity index (χ0n) is 10.9. The lowest BCUT2D eigenvalue weighted by Crippen LogP contribution is -2.39. The summed E-state index contributed by atoms with van der Waals surface area (Å²) >= 11 is 0. The van der Waals surface area contributed by atoms with Crippen LogP contribution in [0.3, 0.4) is 0 Å². The molecule has 0 bridgehead atoms. The molecular formula is C15H26. The van der Waals surface area contributed by atoms with Crippen molar-refractivity contribution in [2.45, 2.75) is 66.2 Å². The summed E-state index contributed by atoms with van der Waals surface area (Å²) in [5.74, 6) is 1.93. The maximum atomic E-state index is 2.55. The molecule has 0 aromatic rings. The Morgan fingerprint density at radius 2 is 2.00 bits per heavy atom. The first-order chi connectivity index (χ1) is 7.03. The minimum absolute atomic E-state index is 0.677. The molecule has 0 radical (unpaired) electrons. The average Bonchev–Trinajstić information content (AvgIpc) is 2.17. The lowest BCUT2D eigenvalue weighted by atomic mass is 9.56. The Morgan fingerprint density at radius 3 is 2.67 bits per heavy atom. The van der Waals surface area contributed by atoms with E-state index in [-0.39, 0.29) is 0 Å². The second-order valence-electron chi connectivity index (χ2n) is 6.44. The summed E-state index contributed by atoms with van der Waals surface area (Å²) < 4.78 is 0. The highest BCUT2D eigenvalue weighted by Gasteiger charge is 2.42. The predicted octanol–water partition coefficient (Wildman–Crippen LogP) is 4.95. The van der Waals surface area contributed by atoms with Crippen molar-refractivity contribution >= 4 is 0 Å². The molecule has 2 aliphatic rings. The maximum Gasteiger partial charge on any atom is -0.0282 e. The molecule has 0 N–H and O–H groups in total. The Labute approximate surface area is 95.1 Å². The van der Waals surface area contributed by atoms with E-state index in [1.165, 1.54) is 38.5 Å². The number of fused-ring (bicyclic) bond motifs is 1. The fourth-order valence-electron chi connectivity index (χ4n) is 3.92. The van der Waals surface area contributed by atoms with Gasteiger partial charge < -0.3 is 0 Å². The van der Waals surface area contributed by atoms with Gasteiger partial charge in [0.15, 0.2) is 0 Å². The van der Waals surface area contributed by atoms with Crippen molar-refractivity contribution in [2.24, 2.45) is 17.3 Å². The van der Waals surface area contributed by atoms with Crippen LogP contribution in [0.25, 0.3) is 0 Å². The Morgan fingerprint density at radius 1 is 1.27 bits per heavy atom. The molecule has 0 nitrogen and oxygen atoms in total. The van der Waals surface area contributed by atoms with Crippen molar-refractivity contribution in [3.05, 3.63) is 11.1 Å². The largest absolute Gasteiger partial charge is 0.0772 e. The molecule has 2 rings (SSSR count). The molecule has 86 valence electrons. The molecule has 2 saturated carbocycles. The van der Waals surface area contributed by atoms with Gasteiger partial charge in [0, 0.05) is 0 Å². The first kappa shape index (κ1) is 11.2. The third-order valence-electron chi connectivity index (χ3n) is 5.16. The third kappa shape index (κ3) is 2.00. The molecule has 3 atom stereocenters. The summed E-state index contributed by atoms with van der Waals surface area (Å²) in [4.78, 5) is 0. The van der Waals surface area contributed by atoms with Gasteiger partial charge in [-0.1, -0.05) is 37.8 Å². The SMILES string of the molecule is CC(C)=C1CCC2(C)CCCC(C)C2C1. The quantitative estimate of drug-likeness (QED) is 0.492. The van der Waals surface area contributed by atoms with E-state index in [9.17, 15) is 0 Å². The summed E-state index contributed by atoms with van der Waals surface area (Å²) in [7, 11) is 0. The highest BCUT2D eigenvalue weighted by atomic mass is 14.5. The molecule has 2 fully saturated rings. The van der Waals surface area contributed by atoms with Crippen molar-refractivity contribution in [1.82, 2.24) is 0 Å². The standard InChI is InChI=1S/C15H26/c1-11(2)13-7-9-15(4)8-5-6-12(3)14(15)10-13/h12,14H,5-10H2,1-4H3. The van der Waals surface area contributed by atoms with Crippen LogP contribution in [-0.2, 0) is 0 Å². The molecule has 0 amide bonds. The lowest BCUT2D eigenvalue weighted by molar-refractivity contribution is 0.0407. The summed E-state index contributed by atoms with van der Waals surface area (Å²) in [6.07, 6.45) is 8.65. The molecule has 0 aromatic heterocycles. The minimum Gasteiger partial charge on any atom is -0.0772 e. The number of allylic oxidation sites excluding steroid dienone is 2. The molecule has 0 aliphatic heterocycles. The molecule has 3 unspecified atom stereocenters. The van der Waals surface area contributed by atoms with Gasteiger partial charge in [-0.2, -0.15) is 0 Å². The molecule has 0 saturated heterocycles. The second-order valence-corrected chi connectivity index (χ2v) is 6.44. The van der Waals surface area contributed by atoms with Crippen LogP contribution in [0.15, 0.2) is 11.1 Å². The van der Waals surface area contributed by atoms with Crippen LogP contribution in [0.4, 0.5) is 0 Å². The van der Waals surface area contributed by atoms with E-state index in [1.807, 2.05) is 0 Å². The molecule has 2 aliphatic carbocycles. The molecule has 0 aromatic carbocycles. The van der Waals surface area contributed by atoms with Crippen LogP contribution >= 0.6 is 0 Å². The third-order valence-corrected chi connectivity index (χ3v) is 5.16. The second kappa shape index (κ2) is 3.96. The van der Waals surface area contributed by atoms with Crippen molar-refractivity contribution in [3.63, 3.8) is 0 Å². The fourth-order valence-corrected chi connectivity index (χ4v) is 3.92. The van der Waals surface area contributed by atoms with Gasteiger partial charge in [0.25, 0.3) is 0 Å². The van der Waals surface area contributed by atoms with Crippen molar-refractivity contribution in [3.8, 4) is 0 Å². The monoisotopic (exact) mass is 206 g/mol. The van der Waals surface area contributed by atoms with E-state index >= 15 is 0 Å². The summed E-state index contributed by atoms with van der Waals surface area (Å²) in [5, 5.41) is 0. The summed E-state index contributed by atoms with van der Waals surface area (Å²) in [6.45, 7) is 9.63. The number of rotatable bonds is 0. The van der Waals surface area contributed by atoms with Crippen LogP contribution in [0.1, 0.15) is 66.2 Å². The average molecular weight is 206 g/mol. The number of hydrogen-bond acceptors (Lipinski definition) is 0. The van der Waals surface area contributed by atoms with E-state index in [1.54, 1.807) is 11.1 Å². The van der Waals surface area contributed by atoms with Gasteiger partial charge in [0.1, 0.15) is 0 Å². The Hall–Kier alpha value is -0.260. The van der Waals surface area contributed by atoms with Crippen LogP contribution in [-0.4, -0.2) is 0 Å². The van der Waals surface area contributed by atoms with Crippen molar-refractivity contribution in [1.29, 1.82) is 0 Å². The summed E-state index contributed by atoms with van der Waals surface area (Å²) in [6, 6.07) is 0. The van der Waals surface area contributed by atoms with Gasteiger partial charge in [-0.15, -0.1) is 0 Å². The van der Waals surface area contributed by atoms with Gasteiger partial charge in [-0.05, 0) is 56.8 Å². The molecule has 0 heteroatoms. The highest BCUT2D eigenvalue weighted by Crippen LogP contribution is 2.53. The van der Waals surface area contributed by atoms with Crippen LogP contribution in [0.5, 0.6) is 0 Å². The van der Waals surface area contributed by atoms with Gasteiger partial charge in [0.2, 0.25) is 0 Å². The Bertz CT molecular complexity index is 270. The molecule has 0 spiro atoms.